The lowest BCUT2D eigenvalue weighted by atomic mass is 10.2. The molecule has 0 fully saturated rings. The first kappa shape index (κ1) is 11.3. The van der Waals surface area contributed by atoms with Crippen LogP contribution in [-0.2, 0) is 0 Å². The summed E-state index contributed by atoms with van der Waals surface area (Å²) >= 11 is 6.73. The van der Waals surface area contributed by atoms with E-state index >= 15 is 0 Å². The average molecular weight is 346 g/mol. The van der Waals surface area contributed by atoms with Crippen LogP contribution in [0.2, 0.25) is 0 Å². The van der Waals surface area contributed by atoms with E-state index in [2.05, 4.69) is 42.2 Å². The maximum atomic E-state index is 10.5. The van der Waals surface area contributed by atoms with Crippen LogP contribution in [-0.4, -0.2) is 16.2 Å². The number of rotatable bonds is 1. The molecule has 0 atom stereocenters. The van der Waals surface area contributed by atoms with Gasteiger partial charge in [-0.15, -0.1) is 0 Å². The zero-order valence-electron chi connectivity index (χ0n) is 7.87. The van der Waals surface area contributed by atoms with Gasteiger partial charge >= 0.3 is 6.09 Å². The first-order valence-corrected chi connectivity index (χ1v) is 5.91. The van der Waals surface area contributed by atoms with Crippen molar-refractivity contribution >= 4 is 54.5 Å². The molecule has 2 aromatic rings. The molecule has 4 nitrogen and oxygen atoms in total. The van der Waals surface area contributed by atoms with Gasteiger partial charge in [0, 0.05) is 9.86 Å². The van der Waals surface area contributed by atoms with Crippen LogP contribution in [0.4, 0.5) is 10.6 Å². The topological polar surface area (TPSA) is 62.2 Å². The van der Waals surface area contributed by atoms with E-state index in [1.165, 1.54) is 0 Å². The number of halogens is 2. The van der Waals surface area contributed by atoms with Crippen molar-refractivity contribution in [1.29, 1.82) is 0 Å². The van der Waals surface area contributed by atoms with E-state index in [1.54, 1.807) is 6.07 Å². The highest BCUT2D eigenvalue weighted by Crippen LogP contribution is 2.31. The van der Waals surface area contributed by atoms with Gasteiger partial charge in [-0.1, -0.05) is 28.1 Å². The molecule has 0 aliphatic rings. The average Bonchev–Trinajstić information content (AvgIpc) is 2.15. The van der Waals surface area contributed by atoms with Gasteiger partial charge in [0.1, 0.15) is 10.4 Å². The summed E-state index contributed by atoms with van der Waals surface area (Å²) in [5.41, 5.74) is 0. The van der Waals surface area contributed by atoms with E-state index < -0.39 is 6.09 Å². The van der Waals surface area contributed by atoms with E-state index in [0.717, 1.165) is 15.2 Å². The Kier molecular flexibility index (Phi) is 3.11. The predicted molar refractivity (Wildman–Crippen MR) is 68.8 cm³/mol. The second-order valence-electron chi connectivity index (χ2n) is 3.07. The van der Waals surface area contributed by atoms with Crippen LogP contribution in [0.3, 0.4) is 0 Å². The highest BCUT2D eigenvalue weighted by Gasteiger charge is 2.08. The molecule has 1 aromatic heterocycles. The molecule has 16 heavy (non-hydrogen) atoms. The number of carboxylic acid groups (broad SMARTS) is 1. The Bertz CT molecular complexity index is 572. The maximum absolute atomic E-state index is 10.5. The number of nitrogens with zero attached hydrogens (tertiary/aromatic N) is 1. The normalized spacial score (nSPS) is 10.4. The van der Waals surface area contributed by atoms with Crippen molar-refractivity contribution < 1.29 is 9.90 Å². The summed E-state index contributed by atoms with van der Waals surface area (Å²) in [6.45, 7) is 0. The summed E-state index contributed by atoms with van der Waals surface area (Å²) in [7, 11) is 0. The smallest absolute Gasteiger partial charge is 0.410 e. The van der Waals surface area contributed by atoms with Crippen LogP contribution < -0.4 is 5.32 Å². The molecule has 0 saturated carbocycles. The van der Waals surface area contributed by atoms with E-state index in [1.807, 2.05) is 18.2 Å². The Hall–Kier alpha value is -1.14. The number of benzene rings is 1. The molecule has 1 amide bonds. The first-order valence-electron chi connectivity index (χ1n) is 4.32. The van der Waals surface area contributed by atoms with Crippen LogP contribution in [0.25, 0.3) is 10.8 Å². The predicted octanol–water partition coefficient (Wildman–Crippen LogP) is 3.85. The third kappa shape index (κ3) is 2.17. The number of anilines is 1. The third-order valence-electron chi connectivity index (χ3n) is 2.00. The van der Waals surface area contributed by atoms with Gasteiger partial charge in [0.15, 0.2) is 0 Å². The molecule has 82 valence electrons. The third-order valence-corrected chi connectivity index (χ3v) is 3.23. The Labute approximate surface area is 108 Å². The number of pyridine rings is 1. The minimum absolute atomic E-state index is 0.296. The van der Waals surface area contributed by atoms with Crippen molar-refractivity contribution in [1.82, 2.24) is 4.98 Å². The van der Waals surface area contributed by atoms with Gasteiger partial charge in [0.05, 0.1) is 0 Å². The van der Waals surface area contributed by atoms with Crippen LogP contribution in [0.15, 0.2) is 33.3 Å². The number of hydrogen-bond acceptors (Lipinski definition) is 2. The molecule has 2 N–H and O–H groups in total. The van der Waals surface area contributed by atoms with Gasteiger partial charge < -0.3 is 5.11 Å². The van der Waals surface area contributed by atoms with E-state index in [0.29, 0.717) is 10.4 Å². The zero-order chi connectivity index (χ0) is 11.7. The largest absolute Gasteiger partial charge is 0.465 e. The summed E-state index contributed by atoms with van der Waals surface area (Å²) in [5.74, 6) is 0.296. The maximum Gasteiger partial charge on any atom is 0.410 e. The Balaban J connectivity index is 2.64. The first-order chi connectivity index (χ1) is 7.58. The second-order valence-corrected chi connectivity index (χ2v) is 4.67. The number of amides is 1. The molecule has 1 aromatic carbocycles. The van der Waals surface area contributed by atoms with Crippen molar-refractivity contribution in [2.45, 2.75) is 0 Å². The molecule has 0 spiro atoms. The lowest BCUT2D eigenvalue weighted by Crippen LogP contribution is -2.08. The van der Waals surface area contributed by atoms with Crippen molar-refractivity contribution in [3.8, 4) is 0 Å². The molecule has 0 radical (unpaired) electrons. The molecule has 6 heteroatoms. The summed E-state index contributed by atoms with van der Waals surface area (Å²) < 4.78 is 1.51. The van der Waals surface area contributed by atoms with E-state index in [-0.39, 0.29) is 0 Å². The number of aromatic nitrogens is 1. The highest BCUT2D eigenvalue weighted by atomic mass is 79.9. The van der Waals surface area contributed by atoms with Gasteiger partial charge in [-0.25, -0.2) is 9.78 Å². The molecule has 0 saturated heterocycles. The second kappa shape index (κ2) is 4.39. The van der Waals surface area contributed by atoms with Gasteiger partial charge in [-0.2, -0.15) is 0 Å². The number of fused-ring (bicyclic) bond motifs is 1. The van der Waals surface area contributed by atoms with Gasteiger partial charge in [-0.3, -0.25) is 5.32 Å². The molecule has 0 aliphatic carbocycles. The van der Waals surface area contributed by atoms with E-state index in [4.69, 9.17) is 5.11 Å². The van der Waals surface area contributed by atoms with Gasteiger partial charge in [0.25, 0.3) is 0 Å². The van der Waals surface area contributed by atoms with Crippen molar-refractivity contribution in [3.05, 3.63) is 33.3 Å². The lowest BCUT2D eigenvalue weighted by molar-refractivity contribution is 0.209. The van der Waals surface area contributed by atoms with E-state index in [9.17, 15) is 4.79 Å². The number of nitrogens with one attached hydrogen (secondary N) is 1. The van der Waals surface area contributed by atoms with Crippen molar-refractivity contribution in [2.24, 2.45) is 0 Å². The molecule has 0 bridgehead atoms. The Morgan fingerprint density at radius 1 is 1.38 bits per heavy atom. The highest BCUT2D eigenvalue weighted by molar-refractivity contribution is 9.11. The van der Waals surface area contributed by atoms with Crippen molar-refractivity contribution in [3.63, 3.8) is 0 Å². The molecule has 1 heterocycles. The van der Waals surface area contributed by atoms with Crippen molar-refractivity contribution in [2.75, 3.05) is 5.32 Å². The minimum Gasteiger partial charge on any atom is -0.465 e. The Morgan fingerprint density at radius 2 is 2.12 bits per heavy atom. The lowest BCUT2D eigenvalue weighted by Gasteiger charge is -2.06. The standard InChI is InChI=1S/C10H6Br2N2O2/c11-6-3-1-2-5-4-7(14-10(15)16)13-9(12)8(5)6/h1-4H,(H,13,14)(H,15,16). The SMILES string of the molecule is O=C(O)Nc1cc2cccc(Br)c2c(Br)n1. The van der Waals surface area contributed by atoms with Crippen LogP contribution >= 0.6 is 31.9 Å². The fraction of sp³-hybridized carbons (Fsp3) is 0. The summed E-state index contributed by atoms with van der Waals surface area (Å²) in [4.78, 5) is 14.6. The van der Waals surface area contributed by atoms with Gasteiger partial charge in [0.2, 0.25) is 0 Å². The molecule has 2 rings (SSSR count). The number of hydrogen-bond donors (Lipinski definition) is 2. The zero-order valence-corrected chi connectivity index (χ0v) is 11.0. The summed E-state index contributed by atoms with van der Waals surface area (Å²) in [6, 6.07) is 7.35. The number of carbonyl (C=O) groups is 1. The fourth-order valence-corrected chi connectivity index (χ4v) is 2.86. The fourth-order valence-electron chi connectivity index (χ4n) is 1.39. The quantitative estimate of drug-likeness (QED) is 0.771. The minimum atomic E-state index is -1.13. The summed E-state index contributed by atoms with van der Waals surface area (Å²) in [6.07, 6.45) is -1.13. The monoisotopic (exact) mass is 344 g/mol. The van der Waals surface area contributed by atoms with Crippen LogP contribution in [0.1, 0.15) is 0 Å². The molecular formula is C10H6Br2N2O2. The van der Waals surface area contributed by atoms with Gasteiger partial charge in [-0.05, 0) is 33.4 Å². The Morgan fingerprint density at radius 3 is 2.81 bits per heavy atom. The summed E-state index contributed by atoms with van der Waals surface area (Å²) in [5, 5.41) is 12.6. The molecule has 0 aliphatic heterocycles. The molecule has 0 unspecified atom stereocenters. The van der Waals surface area contributed by atoms with Crippen LogP contribution in [0, 0.1) is 0 Å². The molecular weight excluding hydrogens is 340 g/mol. The van der Waals surface area contributed by atoms with Crippen LogP contribution in [0.5, 0.6) is 0 Å².